The summed E-state index contributed by atoms with van der Waals surface area (Å²) in [4.78, 5) is 23.5. The predicted molar refractivity (Wildman–Crippen MR) is 96.0 cm³/mol. The van der Waals surface area contributed by atoms with Gasteiger partial charge in [-0.25, -0.2) is 9.59 Å². The van der Waals surface area contributed by atoms with Gasteiger partial charge < -0.3 is 19.0 Å². The van der Waals surface area contributed by atoms with Gasteiger partial charge in [0, 0.05) is 29.2 Å². The first-order chi connectivity index (χ1) is 12.5. The van der Waals surface area contributed by atoms with Gasteiger partial charge in [0.1, 0.15) is 23.7 Å². The molecule has 0 atom stereocenters. The Morgan fingerprint density at radius 2 is 1.92 bits per heavy atom. The zero-order valence-corrected chi connectivity index (χ0v) is 14.0. The molecule has 132 valence electrons. The molecular weight excluding hydrogens is 336 g/mol. The molecule has 0 spiro atoms. The highest BCUT2D eigenvalue weighted by molar-refractivity contribution is 5.87. The lowest BCUT2D eigenvalue weighted by atomic mass is 10.1. The summed E-state index contributed by atoms with van der Waals surface area (Å²) in [5, 5.41) is 10.1. The number of hydrogen-bond donors (Lipinski definition) is 1. The number of aromatic hydroxyl groups is 1. The summed E-state index contributed by atoms with van der Waals surface area (Å²) in [5.74, 6) is 0.170. The Morgan fingerprint density at radius 3 is 2.65 bits per heavy atom. The fourth-order valence-corrected chi connectivity index (χ4v) is 2.41. The minimum atomic E-state index is -0.581. The van der Waals surface area contributed by atoms with Crippen LogP contribution in [0.2, 0.25) is 0 Å². The summed E-state index contributed by atoms with van der Waals surface area (Å²) < 4.78 is 15.3. The first-order valence-corrected chi connectivity index (χ1v) is 7.80. The van der Waals surface area contributed by atoms with Gasteiger partial charge in [-0.05, 0) is 35.9 Å². The third-order valence-corrected chi connectivity index (χ3v) is 3.71. The number of benzene rings is 2. The van der Waals surface area contributed by atoms with Crippen molar-refractivity contribution < 1.29 is 23.8 Å². The van der Waals surface area contributed by atoms with Crippen molar-refractivity contribution in [1.82, 2.24) is 0 Å². The highest BCUT2D eigenvalue weighted by Gasteiger charge is 2.08. The molecule has 1 N–H and O–H groups in total. The molecule has 1 aromatic heterocycles. The van der Waals surface area contributed by atoms with Crippen LogP contribution in [0.25, 0.3) is 17.0 Å². The first kappa shape index (κ1) is 17.3. The largest absolute Gasteiger partial charge is 0.508 e. The highest BCUT2D eigenvalue weighted by atomic mass is 16.5. The van der Waals surface area contributed by atoms with Crippen molar-refractivity contribution in [2.24, 2.45) is 0 Å². The summed E-state index contributed by atoms with van der Waals surface area (Å²) in [6, 6.07) is 12.9. The van der Waals surface area contributed by atoms with E-state index in [9.17, 15) is 14.7 Å². The molecule has 0 unspecified atom stereocenters. The van der Waals surface area contributed by atoms with Crippen LogP contribution in [0.5, 0.6) is 11.5 Å². The van der Waals surface area contributed by atoms with Gasteiger partial charge in [0.15, 0.2) is 0 Å². The van der Waals surface area contributed by atoms with E-state index < -0.39 is 11.6 Å². The summed E-state index contributed by atoms with van der Waals surface area (Å²) in [6.45, 7) is -0.0847. The third-order valence-electron chi connectivity index (χ3n) is 3.71. The lowest BCUT2D eigenvalue weighted by Gasteiger charge is -2.06. The second-order valence-electron chi connectivity index (χ2n) is 5.49. The maximum Gasteiger partial charge on any atom is 0.336 e. The van der Waals surface area contributed by atoms with E-state index in [0.29, 0.717) is 10.9 Å². The van der Waals surface area contributed by atoms with E-state index in [-0.39, 0.29) is 17.9 Å². The number of ether oxygens (including phenoxy) is 2. The van der Waals surface area contributed by atoms with Crippen molar-refractivity contribution in [1.29, 1.82) is 0 Å². The lowest BCUT2D eigenvalue weighted by Crippen LogP contribution is -2.05. The van der Waals surface area contributed by atoms with Gasteiger partial charge in [0.2, 0.25) is 0 Å². The zero-order valence-electron chi connectivity index (χ0n) is 14.0. The molecular formula is C20H16O6. The fourth-order valence-electron chi connectivity index (χ4n) is 2.41. The van der Waals surface area contributed by atoms with E-state index in [4.69, 9.17) is 13.9 Å². The Kier molecular flexibility index (Phi) is 5.03. The van der Waals surface area contributed by atoms with E-state index >= 15 is 0 Å². The van der Waals surface area contributed by atoms with Gasteiger partial charge in [-0.15, -0.1) is 0 Å². The molecule has 3 aromatic rings. The number of rotatable bonds is 5. The molecule has 0 fully saturated rings. The number of phenols is 1. The standard InChI is InChI=1S/C20H16O6/c1-24-16-6-2-13(3-7-16)4-9-19(22)25-12-14-10-20(23)26-18-11-15(21)5-8-17(14)18/h2-11,21H,12H2,1H3/b9-4+. The van der Waals surface area contributed by atoms with E-state index in [1.807, 2.05) is 12.1 Å². The summed E-state index contributed by atoms with van der Waals surface area (Å²) in [6.07, 6.45) is 2.93. The minimum Gasteiger partial charge on any atom is -0.508 e. The van der Waals surface area contributed by atoms with Gasteiger partial charge in [0.25, 0.3) is 0 Å². The summed E-state index contributed by atoms with van der Waals surface area (Å²) in [7, 11) is 1.58. The van der Waals surface area contributed by atoms with Crippen molar-refractivity contribution in [2.45, 2.75) is 6.61 Å². The van der Waals surface area contributed by atoms with Crippen molar-refractivity contribution in [3.05, 3.63) is 76.2 Å². The van der Waals surface area contributed by atoms with Crippen LogP contribution < -0.4 is 10.4 Å². The second kappa shape index (κ2) is 7.57. The Morgan fingerprint density at radius 1 is 1.15 bits per heavy atom. The number of fused-ring (bicyclic) bond motifs is 1. The van der Waals surface area contributed by atoms with Gasteiger partial charge >= 0.3 is 11.6 Å². The number of esters is 1. The molecule has 0 aliphatic heterocycles. The molecule has 6 heteroatoms. The van der Waals surface area contributed by atoms with E-state index in [2.05, 4.69) is 0 Å². The van der Waals surface area contributed by atoms with Crippen molar-refractivity contribution >= 4 is 23.0 Å². The molecule has 0 saturated carbocycles. The molecule has 0 amide bonds. The van der Waals surface area contributed by atoms with Gasteiger partial charge in [0.05, 0.1) is 7.11 Å². The Hall–Kier alpha value is -3.54. The molecule has 2 aromatic carbocycles. The normalized spacial score (nSPS) is 11.0. The summed E-state index contributed by atoms with van der Waals surface area (Å²) in [5.41, 5.74) is 0.978. The van der Waals surface area contributed by atoms with Crippen LogP contribution in [-0.4, -0.2) is 18.2 Å². The maximum absolute atomic E-state index is 11.9. The molecule has 1 heterocycles. The molecule has 0 radical (unpaired) electrons. The quantitative estimate of drug-likeness (QED) is 0.431. The number of carbonyl (C=O) groups excluding carboxylic acids is 1. The Bertz CT molecular complexity index is 1010. The van der Waals surface area contributed by atoms with Crippen molar-refractivity contribution in [3.63, 3.8) is 0 Å². The smallest absolute Gasteiger partial charge is 0.336 e. The van der Waals surface area contributed by atoms with Crippen LogP contribution in [0.1, 0.15) is 11.1 Å². The van der Waals surface area contributed by atoms with Gasteiger partial charge in [-0.2, -0.15) is 0 Å². The highest BCUT2D eigenvalue weighted by Crippen LogP contribution is 2.22. The molecule has 0 aliphatic rings. The molecule has 3 rings (SSSR count). The zero-order chi connectivity index (χ0) is 18.5. The lowest BCUT2D eigenvalue weighted by molar-refractivity contribution is -0.138. The molecule has 0 bridgehead atoms. The van der Waals surface area contributed by atoms with Crippen LogP contribution >= 0.6 is 0 Å². The summed E-state index contributed by atoms with van der Waals surface area (Å²) >= 11 is 0. The van der Waals surface area contributed by atoms with E-state index in [0.717, 1.165) is 11.3 Å². The van der Waals surface area contributed by atoms with Crippen LogP contribution in [0, 0.1) is 0 Å². The maximum atomic E-state index is 11.9. The number of phenolic OH excluding ortho intramolecular Hbond substituents is 1. The number of hydrogen-bond acceptors (Lipinski definition) is 6. The first-order valence-electron chi connectivity index (χ1n) is 7.80. The second-order valence-corrected chi connectivity index (χ2v) is 5.49. The van der Waals surface area contributed by atoms with Gasteiger partial charge in [-0.3, -0.25) is 0 Å². The molecule has 0 aliphatic carbocycles. The third kappa shape index (κ3) is 4.10. The molecule has 0 saturated heterocycles. The molecule has 6 nitrogen and oxygen atoms in total. The van der Waals surface area contributed by atoms with Gasteiger partial charge in [-0.1, -0.05) is 12.1 Å². The van der Waals surface area contributed by atoms with Crippen LogP contribution in [0.3, 0.4) is 0 Å². The topological polar surface area (TPSA) is 86.0 Å². The number of methoxy groups -OCH3 is 1. The average molecular weight is 352 g/mol. The number of carbonyl (C=O) groups is 1. The average Bonchev–Trinajstić information content (AvgIpc) is 2.64. The van der Waals surface area contributed by atoms with Crippen molar-refractivity contribution in [3.8, 4) is 11.5 Å². The molecule has 26 heavy (non-hydrogen) atoms. The van der Waals surface area contributed by atoms with E-state index in [1.54, 1.807) is 31.4 Å². The van der Waals surface area contributed by atoms with E-state index in [1.165, 1.54) is 24.3 Å². The monoisotopic (exact) mass is 352 g/mol. The Labute approximate surface area is 148 Å². The Balaban J connectivity index is 1.70. The SMILES string of the molecule is COc1ccc(/C=C/C(=O)OCc2cc(=O)oc3cc(O)ccc23)cc1. The fraction of sp³-hybridized carbons (Fsp3) is 0.100. The van der Waals surface area contributed by atoms with Crippen molar-refractivity contribution in [2.75, 3.05) is 7.11 Å². The van der Waals surface area contributed by atoms with Crippen LogP contribution in [-0.2, 0) is 16.1 Å². The van der Waals surface area contributed by atoms with Crippen LogP contribution in [0.4, 0.5) is 0 Å². The minimum absolute atomic E-state index is 0.0165. The van der Waals surface area contributed by atoms with Crippen LogP contribution in [0.15, 0.2) is 63.8 Å². The predicted octanol–water partition coefficient (Wildman–Crippen LogP) is 3.26.